The minimum Gasteiger partial charge on any atom is -0.241 e. The van der Waals surface area contributed by atoms with Crippen LogP contribution in [0.3, 0.4) is 0 Å². The van der Waals surface area contributed by atoms with E-state index in [1.165, 1.54) is 29.7 Å². The van der Waals surface area contributed by atoms with Crippen LogP contribution in [-0.4, -0.2) is 4.98 Å². The molecule has 2 heteroatoms. The van der Waals surface area contributed by atoms with Crippen molar-refractivity contribution in [2.24, 2.45) is 0 Å². The fourth-order valence-electron chi connectivity index (χ4n) is 1.70. The summed E-state index contributed by atoms with van der Waals surface area (Å²) < 4.78 is 0. The van der Waals surface area contributed by atoms with E-state index in [4.69, 9.17) is 11.6 Å². The van der Waals surface area contributed by atoms with Gasteiger partial charge in [-0.1, -0.05) is 25.4 Å². The summed E-state index contributed by atoms with van der Waals surface area (Å²) in [6, 6.07) is 1.95. The highest BCUT2D eigenvalue weighted by molar-refractivity contribution is 6.29. The number of fused-ring (bicyclic) bond motifs is 1. The lowest BCUT2D eigenvalue weighted by atomic mass is 10.1. The molecule has 0 amide bonds. The van der Waals surface area contributed by atoms with E-state index in [-0.39, 0.29) is 0 Å². The number of hydrogen-bond donors (Lipinski definition) is 0. The molecule has 1 aromatic rings. The number of halogens is 1. The Morgan fingerprint density at radius 3 is 2.69 bits per heavy atom. The standard InChI is InChI=1S/C9H10ClN.C2H6/c1-6-5-9(10)11-8-4-2-3-7(6)8;1-2/h5H,2-4H2,1H3;1-2H3. The topological polar surface area (TPSA) is 12.9 Å². The molecule has 0 unspecified atom stereocenters. The molecule has 1 heterocycles. The van der Waals surface area contributed by atoms with Crippen molar-refractivity contribution in [3.63, 3.8) is 0 Å². The van der Waals surface area contributed by atoms with Crippen LogP contribution in [0.5, 0.6) is 0 Å². The summed E-state index contributed by atoms with van der Waals surface area (Å²) in [5, 5.41) is 0.642. The third kappa shape index (κ3) is 2.22. The lowest BCUT2D eigenvalue weighted by molar-refractivity contribution is 0.898. The number of hydrogen-bond acceptors (Lipinski definition) is 1. The Balaban J connectivity index is 0.000000396. The minimum atomic E-state index is 0.642. The first-order valence-corrected chi connectivity index (χ1v) is 5.30. The molecule has 1 aliphatic rings. The molecule has 0 bridgehead atoms. The largest absolute Gasteiger partial charge is 0.241 e. The minimum absolute atomic E-state index is 0.642. The monoisotopic (exact) mass is 197 g/mol. The number of aryl methyl sites for hydroxylation is 2. The van der Waals surface area contributed by atoms with Crippen LogP contribution in [0.1, 0.15) is 37.1 Å². The van der Waals surface area contributed by atoms with Crippen LogP contribution in [0.25, 0.3) is 0 Å². The van der Waals surface area contributed by atoms with Crippen molar-refractivity contribution in [3.8, 4) is 0 Å². The van der Waals surface area contributed by atoms with Gasteiger partial charge in [-0.05, 0) is 43.4 Å². The van der Waals surface area contributed by atoms with Crippen molar-refractivity contribution < 1.29 is 0 Å². The molecular formula is C11H16ClN. The van der Waals surface area contributed by atoms with E-state index in [0.717, 1.165) is 6.42 Å². The SMILES string of the molecule is CC.Cc1cc(Cl)nc2c1CCC2. The zero-order chi connectivity index (χ0) is 9.84. The summed E-state index contributed by atoms with van der Waals surface area (Å²) in [7, 11) is 0. The fourth-order valence-corrected chi connectivity index (χ4v) is 1.97. The van der Waals surface area contributed by atoms with E-state index in [1.54, 1.807) is 0 Å². The maximum atomic E-state index is 5.82. The Labute approximate surface area is 85.1 Å². The third-order valence-electron chi connectivity index (χ3n) is 2.24. The van der Waals surface area contributed by atoms with E-state index in [9.17, 15) is 0 Å². The molecule has 0 N–H and O–H groups in total. The molecule has 0 saturated heterocycles. The van der Waals surface area contributed by atoms with Gasteiger partial charge in [0.15, 0.2) is 0 Å². The lowest BCUT2D eigenvalue weighted by Crippen LogP contribution is -1.91. The van der Waals surface area contributed by atoms with Gasteiger partial charge in [0.2, 0.25) is 0 Å². The molecule has 0 fully saturated rings. The van der Waals surface area contributed by atoms with Crippen LogP contribution in [0.4, 0.5) is 0 Å². The van der Waals surface area contributed by atoms with Gasteiger partial charge in [-0.3, -0.25) is 0 Å². The zero-order valence-corrected chi connectivity index (χ0v) is 9.28. The highest BCUT2D eigenvalue weighted by atomic mass is 35.5. The van der Waals surface area contributed by atoms with Crippen LogP contribution in [0, 0.1) is 6.92 Å². The van der Waals surface area contributed by atoms with E-state index >= 15 is 0 Å². The predicted octanol–water partition coefficient (Wildman–Crippen LogP) is 3.56. The molecule has 0 atom stereocenters. The maximum Gasteiger partial charge on any atom is 0.129 e. The van der Waals surface area contributed by atoms with Gasteiger partial charge in [0, 0.05) is 5.69 Å². The smallest absolute Gasteiger partial charge is 0.129 e. The molecule has 0 radical (unpaired) electrons. The molecule has 2 rings (SSSR count). The molecule has 13 heavy (non-hydrogen) atoms. The van der Waals surface area contributed by atoms with Crippen molar-refractivity contribution in [3.05, 3.63) is 28.0 Å². The summed E-state index contributed by atoms with van der Waals surface area (Å²) in [6.07, 6.45) is 3.53. The van der Waals surface area contributed by atoms with Gasteiger partial charge in [-0.25, -0.2) is 4.98 Å². The van der Waals surface area contributed by atoms with Gasteiger partial charge in [-0.2, -0.15) is 0 Å². The van der Waals surface area contributed by atoms with E-state index < -0.39 is 0 Å². The van der Waals surface area contributed by atoms with Crippen LogP contribution in [0.15, 0.2) is 6.07 Å². The first kappa shape index (κ1) is 10.5. The summed E-state index contributed by atoms with van der Waals surface area (Å²) in [6.45, 7) is 6.11. The highest BCUT2D eigenvalue weighted by Gasteiger charge is 2.14. The summed E-state index contributed by atoms with van der Waals surface area (Å²) in [4.78, 5) is 4.28. The Kier molecular flexibility index (Phi) is 3.73. The van der Waals surface area contributed by atoms with Crippen molar-refractivity contribution >= 4 is 11.6 Å². The zero-order valence-electron chi connectivity index (χ0n) is 8.52. The second-order valence-corrected chi connectivity index (χ2v) is 3.43. The average Bonchev–Trinajstić information content (AvgIpc) is 2.55. The molecule has 72 valence electrons. The van der Waals surface area contributed by atoms with Crippen molar-refractivity contribution in [1.82, 2.24) is 4.98 Å². The van der Waals surface area contributed by atoms with Gasteiger partial charge < -0.3 is 0 Å². The second kappa shape index (κ2) is 4.61. The van der Waals surface area contributed by atoms with E-state index in [0.29, 0.717) is 5.15 Å². The first-order chi connectivity index (χ1) is 6.27. The first-order valence-electron chi connectivity index (χ1n) is 4.92. The Bertz CT molecular complexity index is 294. The Morgan fingerprint density at radius 2 is 2.00 bits per heavy atom. The summed E-state index contributed by atoms with van der Waals surface area (Å²) >= 11 is 5.82. The average molecular weight is 198 g/mol. The quantitative estimate of drug-likeness (QED) is 0.580. The number of aromatic nitrogens is 1. The van der Waals surface area contributed by atoms with E-state index in [2.05, 4.69) is 11.9 Å². The van der Waals surface area contributed by atoms with Gasteiger partial charge in [0.05, 0.1) is 0 Å². The molecule has 0 spiro atoms. The van der Waals surface area contributed by atoms with Crippen LogP contribution >= 0.6 is 11.6 Å². The molecule has 1 aromatic heterocycles. The molecular weight excluding hydrogens is 182 g/mol. The van der Waals surface area contributed by atoms with Gasteiger partial charge in [0.1, 0.15) is 5.15 Å². The van der Waals surface area contributed by atoms with Crippen LogP contribution in [0.2, 0.25) is 5.15 Å². The highest BCUT2D eigenvalue weighted by Crippen LogP contribution is 2.25. The maximum absolute atomic E-state index is 5.82. The van der Waals surface area contributed by atoms with Gasteiger partial charge >= 0.3 is 0 Å². The summed E-state index contributed by atoms with van der Waals surface area (Å²) in [5.74, 6) is 0. The fraction of sp³-hybridized carbons (Fsp3) is 0.545. The number of nitrogens with zero attached hydrogens (tertiary/aromatic N) is 1. The predicted molar refractivity (Wildman–Crippen MR) is 57.4 cm³/mol. The summed E-state index contributed by atoms with van der Waals surface area (Å²) in [5.41, 5.74) is 3.95. The normalized spacial score (nSPS) is 13.2. The van der Waals surface area contributed by atoms with Gasteiger partial charge in [0.25, 0.3) is 0 Å². The Morgan fingerprint density at radius 1 is 1.31 bits per heavy atom. The molecule has 0 saturated carbocycles. The van der Waals surface area contributed by atoms with Gasteiger partial charge in [-0.15, -0.1) is 0 Å². The van der Waals surface area contributed by atoms with Crippen molar-refractivity contribution in [2.45, 2.75) is 40.0 Å². The third-order valence-corrected chi connectivity index (χ3v) is 2.44. The molecule has 0 aromatic carbocycles. The van der Waals surface area contributed by atoms with E-state index in [1.807, 2.05) is 19.9 Å². The Hall–Kier alpha value is -0.560. The second-order valence-electron chi connectivity index (χ2n) is 3.04. The lowest BCUT2D eigenvalue weighted by Gasteiger charge is -2.02. The van der Waals surface area contributed by atoms with Crippen LogP contribution < -0.4 is 0 Å². The number of pyridine rings is 1. The molecule has 0 aliphatic heterocycles. The molecule has 1 aliphatic carbocycles. The van der Waals surface area contributed by atoms with Crippen LogP contribution in [-0.2, 0) is 12.8 Å². The molecule has 1 nitrogen and oxygen atoms in total. The van der Waals surface area contributed by atoms with Crippen molar-refractivity contribution in [2.75, 3.05) is 0 Å². The number of rotatable bonds is 0. The van der Waals surface area contributed by atoms with Crippen molar-refractivity contribution in [1.29, 1.82) is 0 Å².